The van der Waals surface area contributed by atoms with Crippen LogP contribution in [-0.2, 0) is 0 Å². The summed E-state index contributed by atoms with van der Waals surface area (Å²) in [5.74, 6) is 0. The molecule has 1 fully saturated rings. The van der Waals surface area contributed by atoms with E-state index in [1.54, 1.807) is 0 Å². The summed E-state index contributed by atoms with van der Waals surface area (Å²) in [5.41, 5.74) is 0. The van der Waals surface area contributed by atoms with Crippen molar-refractivity contribution in [2.45, 2.75) is 25.9 Å². The summed E-state index contributed by atoms with van der Waals surface area (Å²) in [4.78, 5) is 2.31. The predicted octanol–water partition coefficient (Wildman–Crippen LogP) is 0.885. The van der Waals surface area contributed by atoms with Crippen LogP contribution in [0.25, 0.3) is 0 Å². The molecule has 0 saturated carbocycles. The molecule has 0 aliphatic carbocycles. The van der Waals surface area contributed by atoms with Gasteiger partial charge in [-0.1, -0.05) is 6.92 Å². The Balaban J connectivity index is 0.000000810. The molecule has 1 unspecified atom stereocenters. The molecule has 0 aromatic heterocycles. The molecule has 1 saturated heterocycles. The molecule has 10 heavy (non-hydrogen) atoms. The molecule has 0 aromatic rings. The van der Waals surface area contributed by atoms with E-state index in [4.69, 9.17) is 5.11 Å². The number of halogens is 1. The van der Waals surface area contributed by atoms with Crippen LogP contribution in [0.5, 0.6) is 0 Å². The fourth-order valence-electron chi connectivity index (χ4n) is 1.33. The summed E-state index contributed by atoms with van der Waals surface area (Å²) in [6.45, 7) is 5.31. The van der Waals surface area contributed by atoms with Gasteiger partial charge in [0, 0.05) is 13.1 Å². The van der Waals surface area contributed by atoms with Gasteiger partial charge in [0.05, 0.1) is 6.10 Å². The largest absolute Gasteiger partial charge is 0.392 e. The molecule has 1 rings (SSSR count). The zero-order chi connectivity index (χ0) is 6.69. The quantitative estimate of drug-likeness (QED) is 0.657. The lowest BCUT2D eigenvalue weighted by molar-refractivity contribution is 0.176. The third-order valence-corrected chi connectivity index (χ3v) is 1.79. The van der Waals surface area contributed by atoms with E-state index in [-0.39, 0.29) is 18.5 Å². The molecule has 1 atom stereocenters. The molecule has 1 N–H and O–H groups in total. The third-order valence-electron chi connectivity index (χ3n) is 1.79. The number of hydrogen-bond acceptors (Lipinski definition) is 2. The summed E-state index contributed by atoms with van der Waals surface area (Å²) >= 11 is 0. The van der Waals surface area contributed by atoms with Crippen LogP contribution in [0.1, 0.15) is 19.8 Å². The van der Waals surface area contributed by atoms with Crippen molar-refractivity contribution in [2.24, 2.45) is 0 Å². The summed E-state index contributed by atoms with van der Waals surface area (Å²) < 4.78 is 0. The molecule has 62 valence electrons. The first-order valence-electron chi connectivity index (χ1n) is 3.73. The van der Waals surface area contributed by atoms with Gasteiger partial charge in [-0.15, -0.1) is 12.4 Å². The number of aliphatic hydroxyl groups is 1. The van der Waals surface area contributed by atoms with Gasteiger partial charge in [-0.2, -0.15) is 0 Å². The van der Waals surface area contributed by atoms with E-state index in [9.17, 15) is 0 Å². The van der Waals surface area contributed by atoms with E-state index >= 15 is 0 Å². The minimum atomic E-state index is -0.0449. The number of likely N-dealkylation sites (tertiary alicyclic amines) is 1. The average molecular weight is 166 g/mol. The highest BCUT2D eigenvalue weighted by atomic mass is 35.5. The molecule has 0 radical (unpaired) electrons. The second-order valence-corrected chi connectivity index (χ2v) is 2.74. The Morgan fingerprint density at radius 1 is 1.60 bits per heavy atom. The molecular weight excluding hydrogens is 150 g/mol. The summed E-state index contributed by atoms with van der Waals surface area (Å²) in [5, 5.41) is 9.08. The van der Waals surface area contributed by atoms with Crippen LogP contribution in [-0.4, -0.2) is 35.7 Å². The SMILES string of the molecule is CCCN1CCC(O)C1.Cl. The molecule has 0 aromatic carbocycles. The first kappa shape index (κ1) is 10.2. The fourth-order valence-corrected chi connectivity index (χ4v) is 1.33. The molecule has 1 aliphatic rings. The van der Waals surface area contributed by atoms with Gasteiger partial charge < -0.3 is 10.0 Å². The van der Waals surface area contributed by atoms with E-state index in [0.717, 1.165) is 26.1 Å². The van der Waals surface area contributed by atoms with Crippen molar-refractivity contribution in [3.8, 4) is 0 Å². The monoisotopic (exact) mass is 165 g/mol. The van der Waals surface area contributed by atoms with Crippen LogP contribution in [0.15, 0.2) is 0 Å². The van der Waals surface area contributed by atoms with Crippen molar-refractivity contribution in [1.29, 1.82) is 0 Å². The normalized spacial score (nSPS) is 26.4. The van der Waals surface area contributed by atoms with Crippen molar-refractivity contribution in [1.82, 2.24) is 4.90 Å². The lowest BCUT2D eigenvalue weighted by Crippen LogP contribution is -2.22. The number of rotatable bonds is 2. The Bertz CT molecular complexity index is 87.7. The minimum Gasteiger partial charge on any atom is -0.392 e. The highest BCUT2D eigenvalue weighted by Gasteiger charge is 2.18. The third kappa shape index (κ3) is 2.86. The van der Waals surface area contributed by atoms with Gasteiger partial charge in [0.25, 0.3) is 0 Å². The standard InChI is InChI=1S/C7H15NO.ClH/c1-2-4-8-5-3-7(9)6-8;/h7,9H,2-6H2,1H3;1H. The van der Waals surface area contributed by atoms with Crippen LogP contribution >= 0.6 is 12.4 Å². The Morgan fingerprint density at radius 2 is 2.30 bits per heavy atom. The first-order valence-corrected chi connectivity index (χ1v) is 3.73. The molecule has 0 amide bonds. The van der Waals surface area contributed by atoms with Crippen molar-refractivity contribution in [3.63, 3.8) is 0 Å². The van der Waals surface area contributed by atoms with Gasteiger partial charge in [0.2, 0.25) is 0 Å². The maximum Gasteiger partial charge on any atom is 0.0679 e. The Hall–Kier alpha value is 0.210. The average Bonchev–Trinajstić information content (AvgIpc) is 2.17. The maximum atomic E-state index is 9.08. The zero-order valence-electron chi connectivity index (χ0n) is 6.42. The summed E-state index contributed by atoms with van der Waals surface area (Å²) in [7, 11) is 0. The van der Waals surface area contributed by atoms with E-state index < -0.39 is 0 Å². The number of hydrogen-bond donors (Lipinski definition) is 1. The molecule has 2 nitrogen and oxygen atoms in total. The Labute approximate surface area is 68.6 Å². The number of nitrogens with zero attached hydrogens (tertiary/aromatic N) is 1. The summed E-state index contributed by atoms with van der Waals surface area (Å²) in [6.07, 6.45) is 2.13. The molecule has 0 bridgehead atoms. The van der Waals surface area contributed by atoms with Gasteiger partial charge in [-0.25, -0.2) is 0 Å². The molecule has 1 heterocycles. The number of β-amino-alcohol motifs (C(OH)–C–C–N with tert-alkyl or cyclic N) is 1. The van der Waals surface area contributed by atoms with Crippen LogP contribution in [0.4, 0.5) is 0 Å². The van der Waals surface area contributed by atoms with Crippen LogP contribution < -0.4 is 0 Å². The topological polar surface area (TPSA) is 23.5 Å². The van der Waals surface area contributed by atoms with Crippen LogP contribution in [0.3, 0.4) is 0 Å². The van der Waals surface area contributed by atoms with E-state index in [2.05, 4.69) is 11.8 Å². The Morgan fingerprint density at radius 3 is 2.70 bits per heavy atom. The zero-order valence-corrected chi connectivity index (χ0v) is 7.23. The van der Waals surface area contributed by atoms with Gasteiger partial charge in [-0.3, -0.25) is 0 Å². The molecular formula is C7H16ClNO. The highest BCUT2D eigenvalue weighted by molar-refractivity contribution is 5.85. The molecule has 3 heteroatoms. The molecule has 0 spiro atoms. The van der Waals surface area contributed by atoms with Gasteiger partial charge in [0.1, 0.15) is 0 Å². The Kier molecular flexibility index (Phi) is 5.04. The number of aliphatic hydroxyl groups excluding tert-OH is 1. The lowest BCUT2D eigenvalue weighted by Gasteiger charge is -2.11. The minimum absolute atomic E-state index is 0. The smallest absolute Gasteiger partial charge is 0.0679 e. The van der Waals surface area contributed by atoms with Crippen molar-refractivity contribution < 1.29 is 5.11 Å². The fraction of sp³-hybridized carbons (Fsp3) is 1.00. The van der Waals surface area contributed by atoms with E-state index in [1.165, 1.54) is 6.42 Å². The van der Waals surface area contributed by atoms with Gasteiger partial charge in [-0.05, 0) is 19.4 Å². The molecule has 1 aliphatic heterocycles. The van der Waals surface area contributed by atoms with Crippen LogP contribution in [0.2, 0.25) is 0 Å². The summed E-state index contributed by atoms with van der Waals surface area (Å²) in [6, 6.07) is 0. The van der Waals surface area contributed by atoms with E-state index in [0.29, 0.717) is 0 Å². The second kappa shape index (κ2) is 4.94. The van der Waals surface area contributed by atoms with Crippen molar-refractivity contribution >= 4 is 12.4 Å². The highest BCUT2D eigenvalue weighted by Crippen LogP contribution is 2.07. The second-order valence-electron chi connectivity index (χ2n) is 2.74. The first-order chi connectivity index (χ1) is 4.33. The van der Waals surface area contributed by atoms with Crippen molar-refractivity contribution in [3.05, 3.63) is 0 Å². The lowest BCUT2D eigenvalue weighted by atomic mass is 10.3. The van der Waals surface area contributed by atoms with E-state index in [1.807, 2.05) is 0 Å². The van der Waals surface area contributed by atoms with Gasteiger partial charge in [0.15, 0.2) is 0 Å². The maximum absolute atomic E-state index is 9.08. The predicted molar refractivity (Wildman–Crippen MR) is 44.6 cm³/mol. The van der Waals surface area contributed by atoms with Crippen LogP contribution in [0, 0.1) is 0 Å². The van der Waals surface area contributed by atoms with Crippen molar-refractivity contribution in [2.75, 3.05) is 19.6 Å². The van der Waals surface area contributed by atoms with Gasteiger partial charge >= 0.3 is 0 Å².